The first-order chi connectivity index (χ1) is 11.3. The number of ether oxygens (including phenoxy) is 1. The molecule has 1 aromatic carbocycles. The standard InChI is InChI=1S/C15H10BrF4N2O2.Y/c16-9-1-2-12(22(15(9)23)7-13(19)20)14-10(17)5-8(6-11(14)18)24-4-3-21;/h5-6,9,13H,1,4,7H2;/q-1;. The molecule has 0 aromatic heterocycles. The van der Waals surface area contributed by atoms with E-state index in [4.69, 9.17) is 10.00 Å². The zero-order chi connectivity index (χ0) is 17.9. The van der Waals surface area contributed by atoms with Crippen LogP contribution >= 0.6 is 15.9 Å². The van der Waals surface area contributed by atoms with E-state index in [0.29, 0.717) is 4.90 Å². The molecule has 1 heterocycles. The van der Waals surface area contributed by atoms with Crippen LogP contribution in [-0.2, 0) is 37.5 Å². The monoisotopic (exact) mass is 494 g/mol. The minimum absolute atomic E-state index is 0. The Hall–Kier alpha value is -0.976. The van der Waals surface area contributed by atoms with Crippen LogP contribution < -0.4 is 4.74 Å². The summed E-state index contributed by atoms with van der Waals surface area (Å²) in [5.74, 6) is -3.17. The minimum atomic E-state index is -2.88. The summed E-state index contributed by atoms with van der Waals surface area (Å²) in [5.41, 5.74) is -1.02. The number of hydrogen-bond donors (Lipinski definition) is 0. The van der Waals surface area contributed by atoms with Gasteiger partial charge in [-0.25, -0.2) is 23.6 Å². The summed E-state index contributed by atoms with van der Waals surface area (Å²) in [6.07, 6.45) is -0.312. The second kappa shape index (κ2) is 9.65. The largest absolute Gasteiger partial charge is 0.479 e. The van der Waals surface area contributed by atoms with Crippen molar-refractivity contribution in [2.45, 2.75) is 17.7 Å². The molecule has 1 aliphatic heterocycles. The summed E-state index contributed by atoms with van der Waals surface area (Å²) in [6.45, 7) is -1.41. The molecule has 0 N–H and O–H groups in total. The van der Waals surface area contributed by atoms with Crippen LogP contribution in [-0.4, -0.2) is 35.2 Å². The molecule has 4 nitrogen and oxygen atoms in total. The third-order valence-electron chi connectivity index (χ3n) is 3.13. The van der Waals surface area contributed by atoms with Crippen LogP contribution in [0.5, 0.6) is 5.75 Å². The first kappa shape index (κ1) is 22.1. The summed E-state index contributed by atoms with van der Waals surface area (Å²) < 4.78 is 58.8. The molecule has 1 atom stereocenters. The van der Waals surface area contributed by atoms with Crippen LogP contribution in [0, 0.1) is 29.0 Å². The van der Waals surface area contributed by atoms with Crippen LogP contribution in [0.15, 0.2) is 12.1 Å². The Balaban J connectivity index is 0.00000312. The van der Waals surface area contributed by atoms with Gasteiger partial charge in [-0.1, -0.05) is 27.9 Å². The van der Waals surface area contributed by atoms with Crippen LogP contribution in [0.2, 0.25) is 0 Å². The second-order valence-corrected chi connectivity index (χ2v) is 5.85. The van der Waals surface area contributed by atoms with E-state index in [1.165, 1.54) is 0 Å². The average Bonchev–Trinajstić information content (AvgIpc) is 2.51. The van der Waals surface area contributed by atoms with Gasteiger partial charge in [-0.15, -0.1) is 5.70 Å². The first-order valence-corrected chi connectivity index (χ1v) is 7.60. The molecule has 1 aliphatic rings. The fourth-order valence-electron chi connectivity index (χ4n) is 2.17. The number of alkyl halides is 3. The van der Waals surface area contributed by atoms with Crippen molar-refractivity contribution in [1.29, 1.82) is 5.26 Å². The van der Waals surface area contributed by atoms with E-state index in [1.807, 2.05) is 0 Å². The Kier molecular flexibility index (Phi) is 8.51. The van der Waals surface area contributed by atoms with Gasteiger partial charge in [0.25, 0.3) is 6.43 Å². The summed E-state index contributed by atoms with van der Waals surface area (Å²) in [7, 11) is 0. The first-order valence-electron chi connectivity index (χ1n) is 6.68. The number of carbonyl (C=O) groups excluding carboxylic acids is 1. The van der Waals surface area contributed by atoms with Gasteiger partial charge < -0.3 is 9.64 Å². The summed E-state index contributed by atoms with van der Waals surface area (Å²) in [5, 5.41) is 8.40. The fraction of sp³-hybridized carbons (Fsp3) is 0.333. The van der Waals surface area contributed by atoms with Gasteiger partial charge in [-0.2, -0.15) is 5.26 Å². The van der Waals surface area contributed by atoms with E-state index in [9.17, 15) is 22.4 Å². The third-order valence-corrected chi connectivity index (χ3v) is 3.84. The molecule has 2 rings (SSSR count). The maximum atomic E-state index is 14.3. The Morgan fingerprint density at radius 1 is 1.40 bits per heavy atom. The number of amides is 1. The second-order valence-electron chi connectivity index (χ2n) is 4.75. The van der Waals surface area contributed by atoms with Crippen LogP contribution in [0.4, 0.5) is 17.6 Å². The van der Waals surface area contributed by atoms with E-state index in [0.717, 1.165) is 12.1 Å². The molecule has 0 aliphatic carbocycles. The molecular formula is C15H10BrF4N2O2Y-. The Bertz CT molecular complexity index is 701. The molecule has 0 saturated heterocycles. The molecule has 0 fully saturated rings. The van der Waals surface area contributed by atoms with Gasteiger partial charge in [-0.05, 0) is 12.1 Å². The van der Waals surface area contributed by atoms with Crippen molar-refractivity contribution < 1.29 is 59.8 Å². The Labute approximate surface area is 174 Å². The van der Waals surface area contributed by atoms with E-state index in [1.54, 1.807) is 6.07 Å². The van der Waals surface area contributed by atoms with Crippen LogP contribution in [0.25, 0.3) is 5.70 Å². The SMILES string of the molecule is N#CCOc1cc(F)c(C2=[C-]CC(Br)C(=O)N2CC(F)F)c(F)c1.[Y]. The van der Waals surface area contributed by atoms with Crippen molar-refractivity contribution in [3.05, 3.63) is 35.4 Å². The van der Waals surface area contributed by atoms with Gasteiger partial charge in [0.2, 0.25) is 5.91 Å². The Morgan fingerprint density at radius 2 is 2.00 bits per heavy atom. The molecule has 131 valence electrons. The van der Waals surface area contributed by atoms with Gasteiger partial charge in [0, 0.05) is 32.7 Å². The molecular weight excluding hydrogens is 485 g/mol. The number of nitrogens with zero attached hydrogens (tertiary/aromatic N) is 2. The number of nitriles is 1. The predicted octanol–water partition coefficient (Wildman–Crippen LogP) is 3.27. The molecule has 0 saturated carbocycles. The van der Waals surface area contributed by atoms with Crippen molar-refractivity contribution >= 4 is 27.5 Å². The predicted molar refractivity (Wildman–Crippen MR) is 79.2 cm³/mol. The number of rotatable bonds is 5. The van der Waals surface area contributed by atoms with Crippen molar-refractivity contribution in [3.8, 4) is 11.8 Å². The zero-order valence-corrected chi connectivity index (χ0v) is 17.0. The smallest absolute Gasteiger partial charge is 0.256 e. The molecule has 0 bridgehead atoms. The van der Waals surface area contributed by atoms with Crippen molar-refractivity contribution in [1.82, 2.24) is 4.90 Å². The minimum Gasteiger partial charge on any atom is -0.479 e. The van der Waals surface area contributed by atoms with E-state index < -0.39 is 47.5 Å². The molecule has 1 radical (unpaired) electrons. The average molecular weight is 495 g/mol. The number of hydrogen-bond acceptors (Lipinski definition) is 3. The van der Waals surface area contributed by atoms with E-state index in [-0.39, 0.29) is 50.6 Å². The molecule has 1 amide bonds. The maximum Gasteiger partial charge on any atom is 0.256 e. The topological polar surface area (TPSA) is 53.3 Å². The van der Waals surface area contributed by atoms with E-state index >= 15 is 0 Å². The molecule has 1 unspecified atom stereocenters. The quantitative estimate of drug-likeness (QED) is 0.358. The van der Waals surface area contributed by atoms with Gasteiger partial charge in [0.05, 0.1) is 23.0 Å². The number of allylic oxidation sites excluding steroid dienone is 1. The summed E-state index contributed by atoms with van der Waals surface area (Å²) in [6, 6.07) is 3.28. The fourth-order valence-corrected chi connectivity index (χ4v) is 2.57. The summed E-state index contributed by atoms with van der Waals surface area (Å²) in [4.78, 5) is 11.9. The molecule has 1 aromatic rings. The van der Waals surface area contributed by atoms with Crippen molar-refractivity contribution in [3.63, 3.8) is 0 Å². The van der Waals surface area contributed by atoms with Crippen molar-refractivity contribution in [2.75, 3.05) is 13.2 Å². The summed E-state index contributed by atoms with van der Waals surface area (Å²) >= 11 is 3.01. The maximum absolute atomic E-state index is 14.3. The zero-order valence-electron chi connectivity index (χ0n) is 12.6. The molecule has 10 heteroatoms. The van der Waals surface area contributed by atoms with Crippen molar-refractivity contribution in [2.24, 2.45) is 0 Å². The normalized spacial score (nSPS) is 17.0. The number of halogens is 5. The van der Waals surface area contributed by atoms with E-state index in [2.05, 4.69) is 22.0 Å². The molecule has 0 spiro atoms. The molecule has 25 heavy (non-hydrogen) atoms. The number of benzene rings is 1. The van der Waals surface area contributed by atoms with Gasteiger partial charge in [-0.3, -0.25) is 4.79 Å². The van der Waals surface area contributed by atoms with Gasteiger partial charge >= 0.3 is 0 Å². The van der Waals surface area contributed by atoms with Gasteiger partial charge in [0.15, 0.2) is 6.61 Å². The Morgan fingerprint density at radius 3 is 2.52 bits per heavy atom. The number of carbonyl (C=O) groups is 1. The van der Waals surface area contributed by atoms with Crippen LogP contribution in [0.1, 0.15) is 12.0 Å². The third kappa shape index (κ3) is 5.25. The van der Waals surface area contributed by atoms with Gasteiger partial charge in [0.1, 0.15) is 11.8 Å². The van der Waals surface area contributed by atoms with Crippen LogP contribution in [0.3, 0.4) is 0 Å².